The fraction of sp³-hybridized carbons (Fsp3) is 0.636. The van der Waals surface area contributed by atoms with Gasteiger partial charge in [0.15, 0.2) is 5.82 Å². The summed E-state index contributed by atoms with van der Waals surface area (Å²) in [7, 11) is 3.37. The number of hydrazine groups is 1. The van der Waals surface area contributed by atoms with Gasteiger partial charge in [0.2, 0.25) is 0 Å². The molecule has 0 aromatic carbocycles. The Morgan fingerprint density at radius 3 is 2.67 bits per heavy atom. The molecule has 0 bridgehead atoms. The molecule has 0 aliphatic carbocycles. The third kappa shape index (κ3) is 4.82. The number of rotatable bonds is 9. The zero-order valence-corrected chi connectivity index (χ0v) is 10.9. The topological polar surface area (TPSA) is 85.5 Å². The maximum Gasteiger partial charge on any atom is 0.160 e. The van der Waals surface area contributed by atoms with E-state index in [-0.39, 0.29) is 0 Å². The summed E-state index contributed by atoms with van der Waals surface area (Å²) < 4.78 is 10.1. The van der Waals surface area contributed by atoms with Gasteiger partial charge in [-0.1, -0.05) is 0 Å². The van der Waals surface area contributed by atoms with Gasteiger partial charge >= 0.3 is 0 Å². The molecule has 18 heavy (non-hydrogen) atoms. The Kier molecular flexibility index (Phi) is 7.00. The third-order valence-corrected chi connectivity index (χ3v) is 2.44. The van der Waals surface area contributed by atoms with Gasteiger partial charge in [0.25, 0.3) is 0 Å². The number of aromatic nitrogens is 2. The first-order valence-electron chi connectivity index (χ1n) is 5.83. The van der Waals surface area contributed by atoms with E-state index in [1.165, 1.54) is 0 Å². The first-order chi connectivity index (χ1) is 8.81. The summed E-state index contributed by atoms with van der Waals surface area (Å²) in [6.07, 6.45) is 4.21. The number of nitrogens with two attached hydrogens (primary N) is 1. The SMILES string of the molecule is COCCCN(CCOC)c1cncc(NN)n1. The van der Waals surface area contributed by atoms with E-state index < -0.39 is 0 Å². The number of hydrogen-bond donors (Lipinski definition) is 2. The molecule has 1 aromatic rings. The molecular weight excluding hydrogens is 234 g/mol. The summed E-state index contributed by atoms with van der Waals surface area (Å²) in [5, 5.41) is 0. The second-order valence-electron chi connectivity index (χ2n) is 3.73. The van der Waals surface area contributed by atoms with Crippen LogP contribution in [0.25, 0.3) is 0 Å². The Morgan fingerprint density at radius 1 is 1.22 bits per heavy atom. The highest BCUT2D eigenvalue weighted by Gasteiger charge is 2.08. The zero-order valence-electron chi connectivity index (χ0n) is 10.9. The number of nitrogens with zero attached hydrogens (tertiary/aromatic N) is 3. The monoisotopic (exact) mass is 255 g/mol. The minimum absolute atomic E-state index is 0.543. The Labute approximate surface area is 107 Å². The summed E-state index contributed by atoms with van der Waals surface area (Å²) >= 11 is 0. The van der Waals surface area contributed by atoms with Crippen molar-refractivity contribution in [2.45, 2.75) is 6.42 Å². The van der Waals surface area contributed by atoms with E-state index >= 15 is 0 Å². The van der Waals surface area contributed by atoms with E-state index in [0.717, 1.165) is 25.3 Å². The quantitative estimate of drug-likeness (QED) is 0.371. The first kappa shape index (κ1) is 14.6. The number of nitrogens with one attached hydrogen (secondary N) is 1. The molecule has 1 aromatic heterocycles. The second-order valence-corrected chi connectivity index (χ2v) is 3.73. The highest BCUT2D eigenvalue weighted by molar-refractivity contribution is 5.43. The van der Waals surface area contributed by atoms with Crippen LogP contribution in [0.1, 0.15) is 6.42 Å². The van der Waals surface area contributed by atoms with Crippen LogP contribution in [0.3, 0.4) is 0 Å². The van der Waals surface area contributed by atoms with Crippen LogP contribution in [0.2, 0.25) is 0 Å². The van der Waals surface area contributed by atoms with Crippen molar-refractivity contribution in [3.63, 3.8) is 0 Å². The van der Waals surface area contributed by atoms with Gasteiger partial charge in [-0.25, -0.2) is 10.8 Å². The molecule has 102 valence electrons. The van der Waals surface area contributed by atoms with Gasteiger partial charge in [0.1, 0.15) is 5.82 Å². The predicted octanol–water partition coefficient (Wildman–Crippen LogP) is 0.252. The summed E-state index contributed by atoms with van der Waals surface area (Å²) in [5.41, 5.74) is 2.49. The largest absolute Gasteiger partial charge is 0.385 e. The standard InChI is InChI=1S/C11H21N5O2/c1-17-6-3-4-16(5-7-18-2)11-9-13-8-10(14-11)15-12/h8-9H,3-7,12H2,1-2H3,(H,14,15). The van der Waals surface area contributed by atoms with Crippen LogP contribution < -0.4 is 16.2 Å². The molecule has 0 amide bonds. The third-order valence-electron chi connectivity index (χ3n) is 2.44. The van der Waals surface area contributed by atoms with Gasteiger partial charge < -0.3 is 19.8 Å². The number of hydrogen-bond acceptors (Lipinski definition) is 7. The Balaban J connectivity index is 2.66. The van der Waals surface area contributed by atoms with Crippen molar-refractivity contribution >= 4 is 11.6 Å². The second kappa shape index (κ2) is 8.62. The fourth-order valence-electron chi connectivity index (χ4n) is 1.52. The molecule has 0 spiro atoms. The van der Waals surface area contributed by atoms with Crippen LogP contribution in [0.5, 0.6) is 0 Å². The number of methoxy groups -OCH3 is 2. The maximum absolute atomic E-state index is 5.32. The van der Waals surface area contributed by atoms with Gasteiger partial charge in [-0.05, 0) is 6.42 Å². The van der Waals surface area contributed by atoms with Crippen molar-refractivity contribution in [2.75, 3.05) is 50.8 Å². The first-order valence-corrected chi connectivity index (χ1v) is 5.83. The highest BCUT2D eigenvalue weighted by Crippen LogP contribution is 2.12. The minimum atomic E-state index is 0.543. The molecule has 0 radical (unpaired) electrons. The molecule has 7 nitrogen and oxygen atoms in total. The van der Waals surface area contributed by atoms with Crippen LogP contribution in [0.4, 0.5) is 11.6 Å². The molecule has 0 unspecified atom stereocenters. The van der Waals surface area contributed by atoms with Crippen LogP contribution in [-0.2, 0) is 9.47 Å². The lowest BCUT2D eigenvalue weighted by Gasteiger charge is -2.23. The molecule has 0 atom stereocenters. The summed E-state index contributed by atoms with van der Waals surface area (Å²) in [6, 6.07) is 0. The van der Waals surface area contributed by atoms with Crippen molar-refractivity contribution in [2.24, 2.45) is 5.84 Å². The summed E-state index contributed by atoms with van der Waals surface area (Å²) in [6.45, 7) is 2.93. The molecule has 0 fully saturated rings. The van der Waals surface area contributed by atoms with Crippen LogP contribution >= 0.6 is 0 Å². The van der Waals surface area contributed by atoms with Crippen LogP contribution in [0, 0.1) is 0 Å². The van der Waals surface area contributed by atoms with E-state index in [4.69, 9.17) is 15.3 Å². The summed E-state index contributed by atoms with van der Waals surface area (Å²) in [5.74, 6) is 6.64. The van der Waals surface area contributed by atoms with Crippen molar-refractivity contribution in [1.82, 2.24) is 9.97 Å². The lowest BCUT2D eigenvalue weighted by molar-refractivity contribution is 0.191. The van der Waals surface area contributed by atoms with E-state index in [1.54, 1.807) is 26.6 Å². The Bertz CT molecular complexity index is 337. The zero-order chi connectivity index (χ0) is 13.2. The molecular formula is C11H21N5O2. The van der Waals surface area contributed by atoms with Gasteiger partial charge in [-0.3, -0.25) is 4.98 Å². The molecule has 0 saturated carbocycles. The number of ether oxygens (including phenoxy) is 2. The maximum atomic E-state index is 5.32. The molecule has 0 aliphatic heterocycles. The van der Waals surface area contributed by atoms with Crippen molar-refractivity contribution in [1.29, 1.82) is 0 Å². The molecule has 7 heteroatoms. The van der Waals surface area contributed by atoms with Gasteiger partial charge in [0.05, 0.1) is 19.0 Å². The Hall–Kier alpha value is -1.44. The smallest absolute Gasteiger partial charge is 0.160 e. The van der Waals surface area contributed by atoms with Crippen molar-refractivity contribution in [3.05, 3.63) is 12.4 Å². The normalized spacial score (nSPS) is 10.4. The van der Waals surface area contributed by atoms with Crippen molar-refractivity contribution < 1.29 is 9.47 Å². The van der Waals surface area contributed by atoms with E-state index in [0.29, 0.717) is 19.0 Å². The molecule has 1 heterocycles. The molecule has 0 saturated heterocycles. The lowest BCUT2D eigenvalue weighted by Crippen LogP contribution is -2.30. The van der Waals surface area contributed by atoms with E-state index in [9.17, 15) is 0 Å². The lowest BCUT2D eigenvalue weighted by atomic mass is 10.4. The highest BCUT2D eigenvalue weighted by atomic mass is 16.5. The molecule has 0 aliphatic rings. The van der Waals surface area contributed by atoms with Crippen molar-refractivity contribution in [3.8, 4) is 0 Å². The molecule has 1 rings (SSSR count). The van der Waals surface area contributed by atoms with Gasteiger partial charge in [0, 0.05) is 33.9 Å². The number of nitrogen functional groups attached to an aromatic ring is 1. The minimum Gasteiger partial charge on any atom is -0.385 e. The average molecular weight is 255 g/mol. The molecule has 3 N–H and O–H groups in total. The van der Waals surface area contributed by atoms with Gasteiger partial charge in [-0.2, -0.15) is 0 Å². The Morgan fingerprint density at radius 2 is 2.00 bits per heavy atom. The van der Waals surface area contributed by atoms with Gasteiger partial charge in [-0.15, -0.1) is 0 Å². The predicted molar refractivity (Wildman–Crippen MR) is 70.4 cm³/mol. The van der Waals surface area contributed by atoms with E-state index in [2.05, 4.69) is 20.3 Å². The average Bonchev–Trinajstić information content (AvgIpc) is 2.42. The van der Waals surface area contributed by atoms with Crippen LogP contribution in [0.15, 0.2) is 12.4 Å². The fourth-order valence-corrected chi connectivity index (χ4v) is 1.52. The van der Waals surface area contributed by atoms with E-state index in [1.807, 2.05) is 0 Å². The number of anilines is 2. The van der Waals surface area contributed by atoms with Crippen LogP contribution in [-0.4, -0.2) is 50.5 Å². The summed E-state index contributed by atoms with van der Waals surface area (Å²) in [4.78, 5) is 10.5.